The first-order chi connectivity index (χ1) is 12.8. The van der Waals surface area contributed by atoms with Crippen LogP contribution < -0.4 is 10.6 Å². The summed E-state index contributed by atoms with van der Waals surface area (Å²) in [6.45, 7) is 9.76. The topological polar surface area (TPSA) is 85.9 Å². The van der Waals surface area contributed by atoms with E-state index in [4.69, 9.17) is 25.8 Å². The van der Waals surface area contributed by atoms with Crippen molar-refractivity contribution in [3.8, 4) is 0 Å². The standard InChI is InChI=1S/C19H33ClN2O5/c1-5-16(15-20)7-6-8-17(23)21-9-11-25-13-14-26-12-10-22-18(24)27-19(2,3)4/h5-7H,8-15H2,1-4H3,(H,21,23)(H,22,24)/b7-6-,16-5+. The second-order valence-electron chi connectivity index (χ2n) is 6.61. The molecule has 0 aromatic heterocycles. The van der Waals surface area contributed by atoms with E-state index >= 15 is 0 Å². The van der Waals surface area contributed by atoms with Crippen LogP contribution in [0.2, 0.25) is 0 Å². The number of carbonyl (C=O) groups excluding carboxylic acids is 2. The number of rotatable bonds is 13. The maximum absolute atomic E-state index is 11.6. The largest absolute Gasteiger partial charge is 0.444 e. The predicted molar refractivity (Wildman–Crippen MR) is 107 cm³/mol. The maximum Gasteiger partial charge on any atom is 0.407 e. The predicted octanol–water partition coefficient (Wildman–Crippen LogP) is 2.79. The quantitative estimate of drug-likeness (QED) is 0.280. The van der Waals surface area contributed by atoms with Gasteiger partial charge >= 0.3 is 6.09 Å². The van der Waals surface area contributed by atoms with E-state index in [0.717, 1.165) is 5.57 Å². The van der Waals surface area contributed by atoms with E-state index in [1.165, 1.54) is 0 Å². The highest BCUT2D eigenvalue weighted by atomic mass is 35.5. The van der Waals surface area contributed by atoms with Gasteiger partial charge in [0, 0.05) is 25.4 Å². The number of ether oxygens (including phenoxy) is 3. The van der Waals surface area contributed by atoms with Crippen LogP contribution in [0, 0.1) is 0 Å². The number of nitrogens with one attached hydrogen (secondary N) is 2. The van der Waals surface area contributed by atoms with Gasteiger partial charge in [-0.05, 0) is 33.3 Å². The first kappa shape index (κ1) is 25.4. The van der Waals surface area contributed by atoms with Gasteiger partial charge in [-0.1, -0.05) is 18.2 Å². The van der Waals surface area contributed by atoms with Gasteiger partial charge in [-0.2, -0.15) is 0 Å². The molecule has 0 aromatic carbocycles. The zero-order valence-corrected chi connectivity index (χ0v) is 17.6. The molecule has 0 bridgehead atoms. The molecule has 0 heterocycles. The van der Waals surface area contributed by atoms with Crippen molar-refractivity contribution in [1.29, 1.82) is 0 Å². The number of amides is 2. The van der Waals surface area contributed by atoms with Gasteiger partial charge in [-0.3, -0.25) is 4.79 Å². The summed E-state index contributed by atoms with van der Waals surface area (Å²) in [4.78, 5) is 23.0. The fourth-order valence-corrected chi connectivity index (χ4v) is 1.97. The summed E-state index contributed by atoms with van der Waals surface area (Å²) in [5, 5.41) is 5.37. The third-order valence-electron chi connectivity index (χ3n) is 3.02. The Hall–Kier alpha value is -1.57. The molecule has 27 heavy (non-hydrogen) atoms. The van der Waals surface area contributed by atoms with Crippen molar-refractivity contribution >= 4 is 23.6 Å². The zero-order chi connectivity index (χ0) is 20.5. The van der Waals surface area contributed by atoms with Crippen LogP contribution in [-0.2, 0) is 19.0 Å². The molecule has 0 rings (SSSR count). The lowest BCUT2D eigenvalue weighted by molar-refractivity contribution is -0.120. The summed E-state index contributed by atoms with van der Waals surface area (Å²) >= 11 is 5.72. The molecular formula is C19H33ClN2O5. The van der Waals surface area contributed by atoms with Crippen molar-refractivity contribution in [1.82, 2.24) is 10.6 Å². The minimum Gasteiger partial charge on any atom is -0.444 e. The molecule has 2 N–H and O–H groups in total. The smallest absolute Gasteiger partial charge is 0.407 e. The Bertz CT molecular complexity index is 487. The van der Waals surface area contributed by atoms with Gasteiger partial charge < -0.3 is 24.8 Å². The summed E-state index contributed by atoms with van der Waals surface area (Å²) in [5.41, 5.74) is 0.471. The highest BCUT2D eigenvalue weighted by molar-refractivity contribution is 6.19. The van der Waals surface area contributed by atoms with Gasteiger partial charge in [0.2, 0.25) is 5.91 Å². The van der Waals surface area contributed by atoms with Crippen LogP contribution in [0.4, 0.5) is 4.79 Å². The van der Waals surface area contributed by atoms with Crippen molar-refractivity contribution in [2.45, 2.75) is 39.7 Å². The molecule has 0 saturated carbocycles. The molecule has 156 valence electrons. The van der Waals surface area contributed by atoms with Crippen LogP contribution in [0.25, 0.3) is 0 Å². The summed E-state index contributed by atoms with van der Waals surface area (Å²) in [5.74, 6) is 0.367. The van der Waals surface area contributed by atoms with Crippen molar-refractivity contribution in [2.24, 2.45) is 0 Å². The lowest BCUT2D eigenvalue weighted by Gasteiger charge is -2.19. The first-order valence-electron chi connectivity index (χ1n) is 9.05. The van der Waals surface area contributed by atoms with Crippen molar-refractivity contribution in [2.75, 3.05) is 45.4 Å². The molecule has 0 atom stereocenters. The second-order valence-corrected chi connectivity index (χ2v) is 6.87. The van der Waals surface area contributed by atoms with Gasteiger partial charge in [0.25, 0.3) is 0 Å². The Labute approximate surface area is 167 Å². The molecule has 0 unspecified atom stereocenters. The molecule has 0 fully saturated rings. The van der Waals surface area contributed by atoms with E-state index in [2.05, 4.69) is 10.6 Å². The van der Waals surface area contributed by atoms with E-state index in [0.29, 0.717) is 51.8 Å². The number of hydrogen-bond donors (Lipinski definition) is 2. The van der Waals surface area contributed by atoms with E-state index in [1.54, 1.807) is 26.8 Å². The molecule has 0 aliphatic heterocycles. The van der Waals surface area contributed by atoms with Gasteiger partial charge in [0.1, 0.15) is 5.60 Å². The summed E-state index contributed by atoms with van der Waals surface area (Å²) < 4.78 is 15.8. The van der Waals surface area contributed by atoms with Crippen LogP contribution in [-0.4, -0.2) is 63.0 Å². The molecule has 0 saturated heterocycles. The highest BCUT2D eigenvalue weighted by Gasteiger charge is 2.15. The van der Waals surface area contributed by atoms with Crippen LogP contribution in [0.5, 0.6) is 0 Å². The molecule has 0 aliphatic carbocycles. The summed E-state index contributed by atoms with van der Waals surface area (Å²) in [6, 6.07) is 0. The number of alkyl carbamates (subject to hydrolysis) is 1. The average molecular weight is 405 g/mol. The summed E-state index contributed by atoms with van der Waals surface area (Å²) in [7, 11) is 0. The molecule has 0 aliphatic rings. The van der Waals surface area contributed by atoms with E-state index in [9.17, 15) is 9.59 Å². The second kappa shape index (κ2) is 15.5. The summed E-state index contributed by atoms with van der Waals surface area (Å²) in [6.07, 6.45) is 5.38. The van der Waals surface area contributed by atoms with Crippen molar-refractivity contribution in [3.63, 3.8) is 0 Å². The minimum atomic E-state index is -0.510. The molecule has 0 radical (unpaired) electrons. The van der Waals surface area contributed by atoms with Crippen molar-refractivity contribution < 1.29 is 23.8 Å². The Morgan fingerprint density at radius 3 is 2.11 bits per heavy atom. The SMILES string of the molecule is C/C=C(\C=C/CC(=O)NCCOCCOCCNC(=O)OC(C)(C)C)CCl. The zero-order valence-electron chi connectivity index (χ0n) is 16.8. The average Bonchev–Trinajstić information content (AvgIpc) is 2.58. The number of alkyl halides is 1. The normalized spacial score (nSPS) is 12.3. The Morgan fingerprint density at radius 1 is 1.00 bits per heavy atom. The Kier molecular flexibility index (Phi) is 14.6. The van der Waals surface area contributed by atoms with Gasteiger partial charge in [0.15, 0.2) is 0 Å². The van der Waals surface area contributed by atoms with Crippen LogP contribution in [0.1, 0.15) is 34.1 Å². The molecule has 0 aromatic rings. The Balaban J connectivity index is 3.47. The van der Waals surface area contributed by atoms with E-state index in [-0.39, 0.29) is 5.91 Å². The van der Waals surface area contributed by atoms with Gasteiger partial charge in [-0.15, -0.1) is 11.6 Å². The Morgan fingerprint density at radius 2 is 1.59 bits per heavy atom. The molecule has 2 amide bonds. The molecule has 8 heteroatoms. The van der Waals surface area contributed by atoms with Crippen LogP contribution in [0.15, 0.2) is 23.8 Å². The number of hydrogen-bond acceptors (Lipinski definition) is 5. The lowest BCUT2D eigenvalue weighted by atomic mass is 10.2. The third-order valence-corrected chi connectivity index (χ3v) is 3.32. The van der Waals surface area contributed by atoms with E-state index in [1.807, 2.05) is 19.1 Å². The highest BCUT2D eigenvalue weighted by Crippen LogP contribution is 2.06. The monoisotopic (exact) mass is 404 g/mol. The number of carbonyl (C=O) groups is 2. The van der Waals surface area contributed by atoms with Crippen molar-refractivity contribution in [3.05, 3.63) is 23.8 Å². The molecular weight excluding hydrogens is 372 g/mol. The van der Waals surface area contributed by atoms with Gasteiger partial charge in [-0.25, -0.2) is 4.79 Å². The molecule has 7 nitrogen and oxygen atoms in total. The number of allylic oxidation sites excluding steroid dienone is 3. The molecule has 0 spiro atoms. The first-order valence-corrected chi connectivity index (χ1v) is 9.58. The number of halogens is 1. The minimum absolute atomic E-state index is 0.0654. The lowest BCUT2D eigenvalue weighted by Crippen LogP contribution is -2.34. The van der Waals surface area contributed by atoms with Gasteiger partial charge in [0.05, 0.1) is 26.4 Å². The fraction of sp³-hybridized carbons (Fsp3) is 0.684. The maximum atomic E-state index is 11.6. The van der Waals surface area contributed by atoms with Crippen LogP contribution >= 0.6 is 11.6 Å². The third kappa shape index (κ3) is 17.6. The van der Waals surface area contributed by atoms with Crippen LogP contribution in [0.3, 0.4) is 0 Å². The van der Waals surface area contributed by atoms with E-state index < -0.39 is 11.7 Å². The fourth-order valence-electron chi connectivity index (χ4n) is 1.73.